The molecule has 2 heterocycles. The minimum Gasteiger partial charge on any atom is -0.341 e. The van der Waals surface area contributed by atoms with Crippen molar-refractivity contribution < 1.29 is 9.18 Å². The van der Waals surface area contributed by atoms with Gasteiger partial charge in [0.05, 0.1) is 18.3 Å². The molecule has 1 saturated heterocycles. The number of amides is 1. The topological polar surface area (TPSA) is 41.4 Å². The number of hydrogen-bond donors (Lipinski definition) is 0. The summed E-state index contributed by atoms with van der Waals surface area (Å²) in [5, 5.41) is 4.38. The predicted octanol–water partition coefficient (Wildman–Crippen LogP) is 3.29. The molecule has 29 heavy (non-hydrogen) atoms. The molecule has 1 amide bonds. The van der Waals surface area contributed by atoms with Gasteiger partial charge in [-0.2, -0.15) is 5.10 Å². The van der Waals surface area contributed by atoms with Gasteiger partial charge >= 0.3 is 0 Å². The first-order valence-electron chi connectivity index (χ1n) is 10.0. The molecule has 0 unspecified atom stereocenters. The zero-order valence-electron chi connectivity index (χ0n) is 16.4. The Kier molecular flexibility index (Phi) is 6.00. The number of aromatic nitrogens is 2. The molecule has 150 valence electrons. The van der Waals surface area contributed by atoms with Crippen LogP contribution in [0.15, 0.2) is 67.0 Å². The summed E-state index contributed by atoms with van der Waals surface area (Å²) in [5.74, 6) is -0.0711. The minimum atomic E-state index is -0.211. The van der Waals surface area contributed by atoms with Crippen LogP contribution < -0.4 is 0 Å². The maximum absolute atomic E-state index is 13.1. The summed E-state index contributed by atoms with van der Waals surface area (Å²) < 4.78 is 14.9. The first kappa shape index (κ1) is 19.3. The van der Waals surface area contributed by atoms with Crippen LogP contribution in [0.5, 0.6) is 0 Å². The second-order valence-corrected chi connectivity index (χ2v) is 7.44. The number of rotatable bonds is 5. The van der Waals surface area contributed by atoms with Crippen LogP contribution in [0.25, 0.3) is 5.69 Å². The molecule has 0 saturated carbocycles. The Morgan fingerprint density at radius 2 is 1.72 bits per heavy atom. The van der Waals surface area contributed by atoms with E-state index in [0.717, 1.165) is 49.4 Å². The van der Waals surface area contributed by atoms with Crippen LogP contribution >= 0.6 is 0 Å². The molecule has 0 aliphatic carbocycles. The molecule has 4 rings (SSSR count). The van der Waals surface area contributed by atoms with Crippen LogP contribution in [0.2, 0.25) is 0 Å². The molecule has 0 atom stereocenters. The highest BCUT2D eigenvalue weighted by Gasteiger charge is 2.20. The molecule has 6 heteroatoms. The van der Waals surface area contributed by atoms with E-state index in [1.165, 1.54) is 12.1 Å². The van der Waals surface area contributed by atoms with Gasteiger partial charge in [-0.3, -0.25) is 9.69 Å². The van der Waals surface area contributed by atoms with Gasteiger partial charge in [0.15, 0.2) is 0 Å². The van der Waals surface area contributed by atoms with Crippen molar-refractivity contribution in [3.63, 3.8) is 0 Å². The van der Waals surface area contributed by atoms with Crippen LogP contribution in [0, 0.1) is 5.82 Å². The molecule has 0 spiro atoms. The maximum Gasteiger partial charge on any atom is 0.227 e. The summed E-state index contributed by atoms with van der Waals surface area (Å²) in [6, 6.07) is 16.5. The van der Waals surface area contributed by atoms with Gasteiger partial charge in [0.25, 0.3) is 0 Å². The Hall–Kier alpha value is -2.99. The lowest BCUT2D eigenvalue weighted by atomic mass is 10.2. The molecule has 1 fully saturated rings. The fourth-order valence-corrected chi connectivity index (χ4v) is 3.69. The van der Waals surface area contributed by atoms with E-state index in [-0.39, 0.29) is 11.7 Å². The summed E-state index contributed by atoms with van der Waals surface area (Å²) >= 11 is 0. The molecule has 0 radical (unpaired) electrons. The Morgan fingerprint density at radius 1 is 0.931 bits per heavy atom. The van der Waals surface area contributed by atoms with E-state index in [1.807, 2.05) is 53.6 Å². The van der Waals surface area contributed by atoms with Gasteiger partial charge in [-0.15, -0.1) is 0 Å². The first-order chi connectivity index (χ1) is 14.2. The lowest BCUT2D eigenvalue weighted by molar-refractivity contribution is -0.130. The predicted molar refractivity (Wildman–Crippen MR) is 110 cm³/mol. The van der Waals surface area contributed by atoms with E-state index in [0.29, 0.717) is 13.0 Å². The highest BCUT2D eigenvalue weighted by Crippen LogP contribution is 2.13. The van der Waals surface area contributed by atoms with Crippen LogP contribution in [0.1, 0.15) is 17.5 Å². The summed E-state index contributed by atoms with van der Waals surface area (Å²) in [7, 11) is 0. The normalized spacial score (nSPS) is 15.3. The standard InChI is InChI=1S/C23H25FN4O/c24-21-9-7-19(8-10-21)17-26-11-4-12-27(14-13-26)23(29)15-20-16-25-28(18-20)22-5-2-1-3-6-22/h1-3,5-10,16,18H,4,11-15,17H2. The lowest BCUT2D eigenvalue weighted by Crippen LogP contribution is -2.36. The molecule has 1 aliphatic rings. The molecule has 0 N–H and O–H groups in total. The zero-order chi connectivity index (χ0) is 20.1. The van der Waals surface area contributed by atoms with Crippen molar-refractivity contribution in [3.8, 4) is 5.69 Å². The van der Waals surface area contributed by atoms with Crippen LogP contribution in [0.4, 0.5) is 4.39 Å². The number of halogens is 1. The lowest BCUT2D eigenvalue weighted by Gasteiger charge is -2.22. The Labute approximate surface area is 170 Å². The van der Waals surface area contributed by atoms with Crippen LogP contribution in [-0.4, -0.2) is 51.7 Å². The van der Waals surface area contributed by atoms with Gasteiger partial charge in [-0.25, -0.2) is 9.07 Å². The molecular formula is C23H25FN4O. The van der Waals surface area contributed by atoms with E-state index in [4.69, 9.17) is 0 Å². The van der Waals surface area contributed by atoms with Crippen molar-refractivity contribution in [2.75, 3.05) is 26.2 Å². The van der Waals surface area contributed by atoms with Crippen molar-refractivity contribution in [1.29, 1.82) is 0 Å². The number of benzene rings is 2. The maximum atomic E-state index is 13.1. The largest absolute Gasteiger partial charge is 0.341 e. The zero-order valence-corrected chi connectivity index (χ0v) is 16.4. The van der Waals surface area contributed by atoms with Crippen molar-refractivity contribution in [3.05, 3.63) is 83.9 Å². The Morgan fingerprint density at radius 3 is 2.52 bits per heavy atom. The fourth-order valence-electron chi connectivity index (χ4n) is 3.69. The fraction of sp³-hybridized carbons (Fsp3) is 0.304. The van der Waals surface area contributed by atoms with Gasteiger partial charge in [0.2, 0.25) is 5.91 Å². The summed E-state index contributed by atoms with van der Waals surface area (Å²) in [5.41, 5.74) is 3.00. The Balaban J connectivity index is 1.31. The van der Waals surface area contributed by atoms with Gasteiger partial charge in [0, 0.05) is 38.9 Å². The van der Waals surface area contributed by atoms with Crippen molar-refractivity contribution in [2.45, 2.75) is 19.4 Å². The van der Waals surface area contributed by atoms with Gasteiger partial charge in [-0.1, -0.05) is 30.3 Å². The quantitative estimate of drug-likeness (QED) is 0.669. The van der Waals surface area contributed by atoms with Gasteiger partial charge in [-0.05, 0) is 41.8 Å². The Bertz CT molecular complexity index is 939. The number of nitrogens with zero attached hydrogens (tertiary/aromatic N) is 4. The van der Waals surface area contributed by atoms with Gasteiger partial charge < -0.3 is 4.90 Å². The molecule has 1 aromatic heterocycles. The molecule has 3 aromatic rings. The highest BCUT2D eigenvalue weighted by molar-refractivity contribution is 5.78. The van der Waals surface area contributed by atoms with Crippen LogP contribution in [0.3, 0.4) is 0 Å². The van der Waals surface area contributed by atoms with Crippen molar-refractivity contribution >= 4 is 5.91 Å². The average molecular weight is 392 g/mol. The summed E-state index contributed by atoms with van der Waals surface area (Å²) in [6.07, 6.45) is 5.00. The third-order valence-corrected chi connectivity index (χ3v) is 5.27. The number of hydrogen-bond acceptors (Lipinski definition) is 3. The number of para-hydroxylation sites is 1. The summed E-state index contributed by atoms with van der Waals surface area (Å²) in [6.45, 7) is 4.03. The minimum absolute atomic E-state index is 0.140. The van der Waals surface area contributed by atoms with Gasteiger partial charge in [0.1, 0.15) is 5.82 Å². The molecule has 5 nitrogen and oxygen atoms in total. The van der Waals surface area contributed by atoms with E-state index in [9.17, 15) is 9.18 Å². The second kappa shape index (κ2) is 9.01. The first-order valence-corrected chi connectivity index (χ1v) is 10.0. The number of carbonyl (C=O) groups excluding carboxylic acids is 1. The molecule has 1 aliphatic heterocycles. The van der Waals surface area contributed by atoms with E-state index < -0.39 is 0 Å². The molecular weight excluding hydrogens is 367 g/mol. The average Bonchev–Trinajstić information content (AvgIpc) is 3.08. The van der Waals surface area contributed by atoms with E-state index in [2.05, 4.69) is 10.00 Å². The third kappa shape index (κ3) is 5.09. The second-order valence-electron chi connectivity index (χ2n) is 7.44. The van der Waals surface area contributed by atoms with E-state index in [1.54, 1.807) is 10.9 Å². The highest BCUT2D eigenvalue weighted by atomic mass is 19.1. The van der Waals surface area contributed by atoms with E-state index >= 15 is 0 Å². The monoisotopic (exact) mass is 392 g/mol. The molecule has 0 bridgehead atoms. The van der Waals surface area contributed by atoms with Crippen LogP contribution in [-0.2, 0) is 17.8 Å². The number of carbonyl (C=O) groups is 1. The summed E-state index contributed by atoms with van der Waals surface area (Å²) in [4.78, 5) is 17.1. The third-order valence-electron chi connectivity index (χ3n) is 5.27. The van der Waals surface area contributed by atoms with Crippen molar-refractivity contribution in [1.82, 2.24) is 19.6 Å². The SMILES string of the molecule is O=C(Cc1cnn(-c2ccccc2)c1)N1CCCN(Cc2ccc(F)cc2)CC1. The molecule has 2 aromatic carbocycles. The smallest absolute Gasteiger partial charge is 0.227 e. The van der Waals surface area contributed by atoms with Crippen molar-refractivity contribution in [2.24, 2.45) is 0 Å².